The summed E-state index contributed by atoms with van der Waals surface area (Å²) in [6.07, 6.45) is 0.793. The number of hydrogen-bond donors (Lipinski definition) is 0. The number of ether oxygens (including phenoxy) is 2. The molecule has 0 aliphatic carbocycles. The monoisotopic (exact) mass is 327 g/mol. The summed E-state index contributed by atoms with van der Waals surface area (Å²) in [6, 6.07) is 15.9. The molecule has 3 rings (SSSR count). The lowest BCUT2D eigenvalue weighted by Gasteiger charge is -2.11. The number of carbonyl (C=O) groups excluding carboxylic acids is 1. The normalized spacial score (nSPS) is 19.8. The zero-order valence-electron chi connectivity index (χ0n) is 13.0. The van der Waals surface area contributed by atoms with Crippen LogP contribution >= 0.6 is 0 Å². The Bertz CT molecular complexity index is 731. The highest BCUT2D eigenvalue weighted by atomic mass is 16.6. The van der Waals surface area contributed by atoms with Crippen molar-refractivity contribution in [3.8, 4) is 5.75 Å². The fourth-order valence-corrected chi connectivity index (χ4v) is 2.80. The van der Waals surface area contributed by atoms with Gasteiger partial charge in [-0.25, -0.2) is 0 Å². The molecule has 0 saturated carbocycles. The van der Waals surface area contributed by atoms with Gasteiger partial charge in [0, 0.05) is 12.5 Å². The highest BCUT2D eigenvalue weighted by Crippen LogP contribution is 2.29. The van der Waals surface area contributed by atoms with Gasteiger partial charge in [0.2, 0.25) is 0 Å². The molecular formula is C18H17NO5. The molecule has 0 N–H and O–H groups in total. The number of rotatable bonds is 6. The summed E-state index contributed by atoms with van der Waals surface area (Å²) in [4.78, 5) is 22.5. The molecule has 6 heteroatoms. The Labute approximate surface area is 139 Å². The number of cyclic esters (lactones) is 1. The molecule has 1 saturated heterocycles. The van der Waals surface area contributed by atoms with Gasteiger partial charge >= 0.3 is 11.7 Å². The fourth-order valence-electron chi connectivity index (χ4n) is 2.80. The predicted octanol–water partition coefficient (Wildman–Crippen LogP) is 3.15. The van der Waals surface area contributed by atoms with Gasteiger partial charge in [0.25, 0.3) is 0 Å². The van der Waals surface area contributed by atoms with Crippen molar-refractivity contribution in [2.45, 2.75) is 18.9 Å². The lowest BCUT2D eigenvalue weighted by Crippen LogP contribution is -2.17. The van der Waals surface area contributed by atoms with Crippen molar-refractivity contribution in [1.29, 1.82) is 0 Å². The average Bonchev–Trinajstić information content (AvgIpc) is 2.94. The Balaban J connectivity index is 1.58. The SMILES string of the molecule is O=C1O[C@H](COc2ccccc2[N+](=O)[O-])C[C@@H]1Cc1ccccc1. The van der Waals surface area contributed by atoms with Gasteiger partial charge in [-0.1, -0.05) is 42.5 Å². The molecule has 0 spiro atoms. The van der Waals surface area contributed by atoms with E-state index in [2.05, 4.69) is 0 Å². The van der Waals surface area contributed by atoms with Crippen LogP contribution in [0.25, 0.3) is 0 Å². The second-order valence-corrected chi connectivity index (χ2v) is 5.72. The van der Waals surface area contributed by atoms with Gasteiger partial charge in [-0.2, -0.15) is 0 Å². The van der Waals surface area contributed by atoms with E-state index in [9.17, 15) is 14.9 Å². The van der Waals surface area contributed by atoms with Crippen LogP contribution < -0.4 is 4.74 Å². The zero-order valence-corrected chi connectivity index (χ0v) is 13.0. The van der Waals surface area contributed by atoms with E-state index in [1.165, 1.54) is 12.1 Å². The summed E-state index contributed by atoms with van der Waals surface area (Å²) in [6.45, 7) is 0.113. The van der Waals surface area contributed by atoms with E-state index < -0.39 is 4.92 Å². The third-order valence-electron chi connectivity index (χ3n) is 3.98. The standard InChI is InChI=1S/C18H17NO5/c20-18-14(10-13-6-2-1-3-7-13)11-15(24-18)12-23-17-9-5-4-8-16(17)19(21)22/h1-9,14-15H,10-12H2/t14-,15-/m0/s1. The van der Waals surface area contributed by atoms with Crippen LogP contribution in [0.3, 0.4) is 0 Å². The Morgan fingerprint density at radius 3 is 2.58 bits per heavy atom. The topological polar surface area (TPSA) is 78.7 Å². The summed E-state index contributed by atoms with van der Waals surface area (Å²) in [5, 5.41) is 11.0. The third-order valence-corrected chi connectivity index (χ3v) is 3.98. The number of nitrogens with zero attached hydrogens (tertiary/aromatic N) is 1. The maximum absolute atomic E-state index is 12.0. The molecule has 1 aliphatic heterocycles. The summed E-state index contributed by atoms with van der Waals surface area (Å²) >= 11 is 0. The first-order valence-electron chi connectivity index (χ1n) is 7.74. The van der Waals surface area contributed by atoms with E-state index in [-0.39, 0.29) is 36.0 Å². The van der Waals surface area contributed by atoms with Gasteiger partial charge in [0.05, 0.1) is 10.8 Å². The molecule has 6 nitrogen and oxygen atoms in total. The largest absolute Gasteiger partial charge is 0.483 e. The minimum atomic E-state index is -0.492. The molecule has 2 atom stereocenters. The lowest BCUT2D eigenvalue weighted by atomic mass is 9.96. The second kappa shape index (κ2) is 7.12. The van der Waals surface area contributed by atoms with Crippen LogP contribution in [0.5, 0.6) is 5.75 Å². The molecule has 0 aromatic heterocycles. The highest BCUT2D eigenvalue weighted by Gasteiger charge is 2.35. The smallest absolute Gasteiger partial charge is 0.310 e. The number of para-hydroxylation sites is 2. The van der Waals surface area contributed by atoms with Gasteiger partial charge in [-0.3, -0.25) is 14.9 Å². The van der Waals surface area contributed by atoms with E-state index in [4.69, 9.17) is 9.47 Å². The van der Waals surface area contributed by atoms with Crippen molar-refractivity contribution < 1.29 is 19.2 Å². The Morgan fingerprint density at radius 1 is 1.12 bits per heavy atom. The van der Waals surface area contributed by atoms with E-state index in [1.54, 1.807) is 12.1 Å². The van der Waals surface area contributed by atoms with Crippen LogP contribution in [0.15, 0.2) is 54.6 Å². The molecule has 1 aliphatic rings. The molecule has 2 aromatic carbocycles. The summed E-state index contributed by atoms with van der Waals surface area (Å²) in [5.74, 6) is -0.258. The minimum Gasteiger partial charge on any atom is -0.483 e. The van der Waals surface area contributed by atoms with Crippen molar-refractivity contribution >= 4 is 11.7 Å². The number of esters is 1. The van der Waals surface area contributed by atoms with Crippen molar-refractivity contribution in [2.75, 3.05) is 6.61 Å². The summed E-state index contributed by atoms with van der Waals surface area (Å²) in [7, 11) is 0. The molecular weight excluding hydrogens is 310 g/mol. The lowest BCUT2D eigenvalue weighted by molar-refractivity contribution is -0.385. The maximum atomic E-state index is 12.0. The summed E-state index contributed by atoms with van der Waals surface area (Å²) < 4.78 is 10.8. The molecule has 0 amide bonds. The van der Waals surface area contributed by atoms with Gasteiger partial charge in [-0.05, 0) is 18.1 Å². The van der Waals surface area contributed by atoms with Crippen LogP contribution in [0.1, 0.15) is 12.0 Å². The molecule has 0 unspecified atom stereocenters. The van der Waals surface area contributed by atoms with Crippen LogP contribution in [0.2, 0.25) is 0 Å². The molecule has 0 bridgehead atoms. The Hall–Kier alpha value is -2.89. The fraction of sp³-hybridized carbons (Fsp3) is 0.278. The van der Waals surface area contributed by atoms with E-state index in [1.807, 2.05) is 30.3 Å². The first kappa shape index (κ1) is 16.0. The molecule has 0 radical (unpaired) electrons. The molecule has 24 heavy (non-hydrogen) atoms. The summed E-state index contributed by atoms with van der Waals surface area (Å²) in [5.41, 5.74) is 0.988. The molecule has 1 heterocycles. The van der Waals surface area contributed by atoms with E-state index in [0.717, 1.165) is 5.56 Å². The second-order valence-electron chi connectivity index (χ2n) is 5.72. The van der Waals surface area contributed by atoms with Crippen LogP contribution in [0.4, 0.5) is 5.69 Å². The van der Waals surface area contributed by atoms with Crippen LogP contribution in [-0.2, 0) is 16.0 Å². The first-order chi connectivity index (χ1) is 11.6. The highest BCUT2D eigenvalue weighted by molar-refractivity contribution is 5.75. The molecule has 2 aromatic rings. The van der Waals surface area contributed by atoms with Gasteiger partial charge in [0.1, 0.15) is 12.7 Å². The molecule has 1 fully saturated rings. The number of hydrogen-bond acceptors (Lipinski definition) is 5. The van der Waals surface area contributed by atoms with Crippen LogP contribution in [-0.4, -0.2) is 23.6 Å². The van der Waals surface area contributed by atoms with E-state index >= 15 is 0 Å². The van der Waals surface area contributed by atoms with Crippen molar-refractivity contribution in [3.05, 3.63) is 70.3 Å². The van der Waals surface area contributed by atoms with Gasteiger partial charge in [-0.15, -0.1) is 0 Å². The average molecular weight is 327 g/mol. The number of nitro groups is 1. The van der Waals surface area contributed by atoms with Crippen LogP contribution in [0, 0.1) is 16.0 Å². The number of benzene rings is 2. The maximum Gasteiger partial charge on any atom is 0.310 e. The van der Waals surface area contributed by atoms with Gasteiger partial charge < -0.3 is 9.47 Å². The number of nitro benzene ring substituents is 1. The Morgan fingerprint density at radius 2 is 1.83 bits per heavy atom. The zero-order chi connectivity index (χ0) is 16.9. The van der Waals surface area contributed by atoms with E-state index in [0.29, 0.717) is 12.8 Å². The molecule has 124 valence electrons. The quantitative estimate of drug-likeness (QED) is 0.463. The minimum absolute atomic E-state index is 0.0948. The van der Waals surface area contributed by atoms with Crippen molar-refractivity contribution in [1.82, 2.24) is 0 Å². The Kier molecular flexibility index (Phi) is 4.74. The third kappa shape index (κ3) is 3.71. The first-order valence-corrected chi connectivity index (χ1v) is 7.74. The predicted molar refractivity (Wildman–Crippen MR) is 86.7 cm³/mol. The van der Waals surface area contributed by atoms with Crippen molar-refractivity contribution in [3.63, 3.8) is 0 Å². The van der Waals surface area contributed by atoms with Gasteiger partial charge in [0.15, 0.2) is 5.75 Å². The number of carbonyl (C=O) groups is 1. The van der Waals surface area contributed by atoms with Crippen molar-refractivity contribution in [2.24, 2.45) is 5.92 Å².